The van der Waals surface area contributed by atoms with Crippen LogP contribution in [0.25, 0.3) is 0 Å². The van der Waals surface area contributed by atoms with E-state index in [1.807, 2.05) is 0 Å². The van der Waals surface area contributed by atoms with Crippen LogP contribution in [0.4, 0.5) is 5.69 Å². The summed E-state index contributed by atoms with van der Waals surface area (Å²) >= 11 is 0. The Hall–Kier alpha value is -2.68. The predicted molar refractivity (Wildman–Crippen MR) is 80.3 cm³/mol. The number of nitro groups is 1. The summed E-state index contributed by atoms with van der Waals surface area (Å²) in [6, 6.07) is 2.29. The zero-order valence-corrected chi connectivity index (χ0v) is 13.1. The molecule has 0 fully saturated rings. The highest BCUT2D eigenvalue weighted by atomic mass is 16.6. The molecule has 23 heavy (non-hydrogen) atoms. The molecule has 1 aromatic rings. The van der Waals surface area contributed by atoms with Gasteiger partial charge in [-0.3, -0.25) is 19.7 Å². The summed E-state index contributed by atoms with van der Waals surface area (Å²) in [4.78, 5) is 31.3. The van der Waals surface area contributed by atoms with Crippen LogP contribution in [0.3, 0.4) is 0 Å². The third-order valence-electron chi connectivity index (χ3n) is 2.43. The molecule has 0 spiro atoms. The lowest BCUT2D eigenvalue weighted by Gasteiger charge is -2.10. The lowest BCUT2D eigenvalue weighted by molar-refractivity contribution is -0.385. The molecule has 0 heterocycles. The molecule has 0 saturated heterocycles. The largest absolute Gasteiger partial charge is 0.493 e. The lowest BCUT2D eigenvalue weighted by atomic mass is 10.1. The van der Waals surface area contributed by atoms with Gasteiger partial charge < -0.3 is 19.3 Å². The van der Waals surface area contributed by atoms with E-state index in [9.17, 15) is 19.7 Å². The molecule has 1 N–H and O–H groups in total. The number of ether oxygens (including phenoxy) is 3. The molecule has 0 aromatic heterocycles. The van der Waals surface area contributed by atoms with Gasteiger partial charge in [0.1, 0.15) is 0 Å². The van der Waals surface area contributed by atoms with Crippen molar-refractivity contribution in [1.82, 2.24) is 0 Å². The Labute approximate surface area is 132 Å². The minimum atomic E-state index is -0.956. The highest BCUT2D eigenvalue weighted by Crippen LogP contribution is 2.34. The van der Waals surface area contributed by atoms with Crippen LogP contribution in [0.2, 0.25) is 0 Å². The highest BCUT2D eigenvalue weighted by molar-refractivity contribution is 5.83. The van der Waals surface area contributed by atoms with Crippen molar-refractivity contribution in [3.63, 3.8) is 0 Å². The SMILES string of the molecule is COC.COc1cc(C=O)c([N+](=O)[O-])cc1OCCCC(=O)O. The fourth-order valence-electron chi connectivity index (χ4n) is 1.50. The number of carboxylic acids is 1. The van der Waals surface area contributed by atoms with Crippen molar-refractivity contribution in [3.8, 4) is 11.5 Å². The first-order valence-corrected chi connectivity index (χ1v) is 6.47. The van der Waals surface area contributed by atoms with E-state index in [1.165, 1.54) is 13.2 Å². The molecule has 0 aliphatic heterocycles. The van der Waals surface area contributed by atoms with Crippen molar-refractivity contribution >= 4 is 17.9 Å². The molecule has 0 amide bonds. The van der Waals surface area contributed by atoms with Gasteiger partial charge >= 0.3 is 5.97 Å². The Balaban J connectivity index is 0.00000149. The highest BCUT2D eigenvalue weighted by Gasteiger charge is 2.19. The molecule has 0 aliphatic carbocycles. The first-order valence-electron chi connectivity index (χ1n) is 6.47. The molecule has 0 bridgehead atoms. The molecular formula is C14H19NO8. The smallest absolute Gasteiger partial charge is 0.303 e. The Morgan fingerprint density at radius 2 is 1.91 bits per heavy atom. The minimum Gasteiger partial charge on any atom is -0.493 e. The van der Waals surface area contributed by atoms with E-state index in [0.29, 0.717) is 6.29 Å². The molecule has 0 atom stereocenters. The van der Waals surface area contributed by atoms with Gasteiger partial charge in [-0.15, -0.1) is 0 Å². The summed E-state index contributed by atoms with van der Waals surface area (Å²) in [5, 5.41) is 19.3. The summed E-state index contributed by atoms with van der Waals surface area (Å²) in [5.41, 5.74) is -0.515. The third-order valence-corrected chi connectivity index (χ3v) is 2.43. The number of rotatable bonds is 8. The lowest BCUT2D eigenvalue weighted by Crippen LogP contribution is -2.04. The standard InChI is InChI=1S/C12H13NO7.C2H6O/c1-19-10-5-8(7-14)9(13(17)18)6-11(10)20-4-2-3-12(15)16;1-3-2/h5-7H,2-4H2,1H3,(H,15,16);1-2H3. The first kappa shape index (κ1) is 20.3. The van der Waals surface area contributed by atoms with Crippen LogP contribution in [0, 0.1) is 10.1 Å². The second-order valence-corrected chi connectivity index (χ2v) is 4.19. The monoisotopic (exact) mass is 329 g/mol. The topological polar surface area (TPSA) is 125 Å². The molecule has 0 saturated carbocycles. The predicted octanol–water partition coefficient (Wildman–Crippen LogP) is 1.92. The van der Waals surface area contributed by atoms with E-state index < -0.39 is 16.6 Å². The van der Waals surface area contributed by atoms with Gasteiger partial charge in [0.05, 0.1) is 30.3 Å². The zero-order chi connectivity index (χ0) is 17.8. The number of benzene rings is 1. The van der Waals surface area contributed by atoms with Gasteiger partial charge in [0.15, 0.2) is 17.8 Å². The van der Waals surface area contributed by atoms with E-state index in [1.54, 1.807) is 14.2 Å². The summed E-state index contributed by atoms with van der Waals surface area (Å²) in [7, 11) is 4.58. The maximum Gasteiger partial charge on any atom is 0.303 e. The number of nitro benzene ring substituents is 1. The summed E-state index contributed by atoms with van der Waals surface area (Å²) in [6.45, 7) is 0.0697. The summed E-state index contributed by atoms with van der Waals surface area (Å²) < 4.78 is 14.5. The second-order valence-electron chi connectivity index (χ2n) is 4.19. The van der Waals surface area contributed by atoms with Crippen molar-refractivity contribution in [2.24, 2.45) is 0 Å². The maximum absolute atomic E-state index is 10.8. The number of methoxy groups -OCH3 is 2. The van der Waals surface area contributed by atoms with Gasteiger partial charge in [-0.05, 0) is 6.42 Å². The average Bonchev–Trinajstić information content (AvgIpc) is 2.51. The number of aliphatic carboxylic acids is 1. The molecule has 9 heteroatoms. The van der Waals surface area contributed by atoms with Gasteiger partial charge in [0, 0.05) is 26.7 Å². The van der Waals surface area contributed by atoms with Crippen molar-refractivity contribution < 1.29 is 33.8 Å². The minimum absolute atomic E-state index is 0.0697. The Morgan fingerprint density at radius 3 is 2.35 bits per heavy atom. The van der Waals surface area contributed by atoms with Crippen molar-refractivity contribution in [2.75, 3.05) is 27.9 Å². The molecule has 1 aromatic carbocycles. The van der Waals surface area contributed by atoms with Crippen LogP contribution in [0.15, 0.2) is 12.1 Å². The Morgan fingerprint density at radius 1 is 1.30 bits per heavy atom. The molecular weight excluding hydrogens is 310 g/mol. The molecule has 0 aliphatic rings. The third kappa shape index (κ3) is 7.23. The van der Waals surface area contributed by atoms with E-state index >= 15 is 0 Å². The second kappa shape index (κ2) is 11.0. The quantitative estimate of drug-likeness (QED) is 0.332. The van der Waals surface area contributed by atoms with Crippen LogP contribution >= 0.6 is 0 Å². The van der Waals surface area contributed by atoms with Crippen LogP contribution in [0.1, 0.15) is 23.2 Å². The summed E-state index contributed by atoms with van der Waals surface area (Å²) in [6.07, 6.45) is 0.535. The van der Waals surface area contributed by atoms with Crippen LogP contribution < -0.4 is 9.47 Å². The number of carboxylic acid groups (broad SMARTS) is 1. The maximum atomic E-state index is 10.8. The molecule has 9 nitrogen and oxygen atoms in total. The van der Waals surface area contributed by atoms with Gasteiger partial charge in [0.25, 0.3) is 5.69 Å². The Kier molecular flexibility index (Phi) is 9.69. The van der Waals surface area contributed by atoms with Crippen LogP contribution in [-0.4, -0.2) is 50.2 Å². The van der Waals surface area contributed by atoms with Crippen molar-refractivity contribution in [3.05, 3.63) is 27.8 Å². The van der Waals surface area contributed by atoms with Crippen molar-refractivity contribution in [2.45, 2.75) is 12.8 Å². The Bertz CT molecular complexity index is 544. The van der Waals surface area contributed by atoms with Gasteiger partial charge in [0.2, 0.25) is 0 Å². The molecule has 1 rings (SSSR count). The van der Waals surface area contributed by atoms with Crippen molar-refractivity contribution in [1.29, 1.82) is 0 Å². The van der Waals surface area contributed by atoms with Gasteiger partial charge in [-0.1, -0.05) is 0 Å². The average molecular weight is 329 g/mol. The van der Waals surface area contributed by atoms with E-state index in [0.717, 1.165) is 6.07 Å². The fraction of sp³-hybridized carbons (Fsp3) is 0.429. The number of carbonyl (C=O) groups excluding carboxylic acids is 1. The molecule has 128 valence electrons. The number of hydrogen-bond acceptors (Lipinski definition) is 7. The summed E-state index contributed by atoms with van der Waals surface area (Å²) in [5.74, 6) is -0.689. The first-order chi connectivity index (χ1) is 10.9. The molecule has 0 radical (unpaired) electrons. The number of aldehydes is 1. The molecule has 0 unspecified atom stereocenters. The van der Waals surface area contributed by atoms with Crippen LogP contribution in [0.5, 0.6) is 11.5 Å². The van der Waals surface area contributed by atoms with Gasteiger partial charge in [-0.2, -0.15) is 0 Å². The normalized spacial score (nSPS) is 9.35. The van der Waals surface area contributed by atoms with E-state index in [2.05, 4.69) is 4.74 Å². The fourth-order valence-corrected chi connectivity index (χ4v) is 1.50. The number of nitrogens with zero attached hydrogens (tertiary/aromatic N) is 1. The van der Waals surface area contributed by atoms with Crippen LogP contribution in [-0.2, 0) is 9.53 Å². The van der Waals surface area contributed by atoms with E-state index in [-0.39, 0.29) is 36.5 Å². The number of carbonyl (C=O) groups is 2. The zero-order valence-electron chi connectivity index (χ0n) is 13.1. The number of hydrogen-bond donors (Lipinski definition) is 1. The van der Waals surface area contributed by atoms with E-state index in [4.69, 9.17) is 14.6 Å². The van der Waals surface area contributed by atoms with Gasteiger partial charge in [-0.25, -0.2) is 0 Å².